The van der Waals surface area contributed by atoms with Gasteiger partial charge >= 0.3 is 0 Å². The predicted molar refractivity (Wildman–Crippen MR) is 86.6 cm³/mol. The lowest BCUT2D eigenvalue weighted by molar-refractivity contribution is 0.691. The molecule has 0 aliphatic heterocycles. The van der Waals surface area contributed by atoms with Crippen molar-refractivity contribution in [1.29, 1.82) is 0 Å². The number of thiazole rings is 1. The fourth-order valence-electron chi connectivity index (χ4n) is 2.02. The van der Waals surface area contributed by atoms with Crippen LogP contribution in [0.2, 0.25) is 10.0 Å². The zero-order valence-electron chi connectivity index (χ0n) is 10.6. The second kappa shape index (κ2) is 6.10. The molecule has 1 heterocycles. The highest BCUT2D eigenvalue weighted by Gasteiger charge is 2.03. The average molecular weight is 323 g/mol. The van der Waals surface area contributed by atoms with E-state index in [0.29, 0.717) is 10.0 Å². The quantitative estimate of drug-likeness (QED) is 0.739. The Hall–Kier alpha value is -1.13. The minimum absolute atomic E-state index is 0.661. The maximum atomic E-state index is 5.98. The molecular weight excluding hydrogens is 311 g/mol. The predicted octanol–water partition coefficient (Wildman–Crippen LogP) is 4.89. The summed E-state index contributed by atoms with van der Waals surface area (Å²) in [6.07, 6.45) is 0. The Labute approximate surface area is 131 Å². The first-order valence-electron chi connectivity index (χ1n) is 6.21. The van der Waals surface area contributed by atoms with Crippen molar-refractivity contribution in [3.05, 3.63) is 63.1 Å². The van der Waals surface area contributed by atoms with Gasteiger partial charge in [0.25, 0.3) is 0 Å². The topological polar surface area (TPSA) is 24.9 Å². The van der Waals surface area contributed by atoms with E-state index >= 15 is 0 Å². The number of hydrogen-bond donors (Lipinski definition) is 1. The van der Waals surface area contributed by atoms with Gasteiger partial charge in [-0.2, -0.15) is 0 Å². The number of aromatic nitrogens is 1. The first-order valence-corrected chi connectivity index (χ1v) is 7.78. The minimum atomic E-state index is 0.661. The van der Waals surface area contributed by atoms with Gasteiger partial charge in [-0.05, 0) is 35.9 Å². The fraction of sp³-hybridized carbons (Fsp3) is 0.133. The SMILES string of the molecule is Clc1cc(Cl)cc(CNCc2nc3ccccc3s2)c1. The van der Waals surface area contributed by atoms with Crippen LogP contribution < -0.4 is 5.32 Å². The van der Waals surface area contributed by atoms with Gasteiger partial charge in [0.05, 0.1) is 10.2 Å². The van der Waals surface area contributed by atoms with E-state index in [1.165, 1.54) is 4.70 Å². The molecular formula is C15H12Cl2N2S. The van der Waals surface area contributed by atoms with Crippen molar-refractivity contribution in [1.82, 2.24) is 10.3 Å². The highest BCUT2D eigenvalue weighted by Crippen LogP contribution is 2.22. The zero-order chi connectivity index (χ0) is 13.9. The van der Waals surface area contributed by atoms with Crippen molar-refractivity contribution in [3.63, 3.8) is 0 Å². The molecule has 0 spiro atoms. The van der Waals surface area contributed by atoms with Crippen LogP contribution in [0.4, 0.5) is 0 Å². The van der Waals surface area contributed by atoms with E-state index in [2.05, 4.69) is 16.4 Å². The van der Waals surface area contributed by atoms with E-state index in [0.717, 1.165) is 29.2 Å². The summed E-state index contributed by atoms with van der Waals surface area (Å²) in [5, 5.41) is 5.77. The van der Waals surface area contributed by atoms with Crippen molar-refractivity contribution in [2.24, 2.45) is 0 Å². The minimum Gasteiger partial charge on any atom is -0.306 e. The summed E-state index contributed by atoms with van der Waals surface area (Å²) in [7, 11) is 0. The van der Waals surface area contributed by atoms with Gasteiger partial charge in [0.2, 0.25) is 0 Å². The second-order valence-electron chi connectivity index (χ2n) is 4.46. The first-order chi connectivity index (χ1) is 9.70. The van der Waals surface area contributed by atoms with Gasteiger partial charge in [0, 0.05) is 23.1 Å². The molecule has 102 valence electrons. The van der Waals surface area contributed by atoms with Gasteiger partial charge in [-0.25, -0.2) is 4.98 Å². The third kappa shape index (κ3) is 3.30. The van der Waals surface area contributed by atoms with Crippen LogP contribution in [0, 0.1) is 0 Å². The largest absolute Gasteiger partial charge is 0.306 e. The molecule has 3 aromatic rings. The van der Waals surface area contributed by atoms with Gasteiger partial charge in [0.15, 0.2) is 0 Å². The first kappa shape index (κ1) is 13.8. The van der Waals surface area contributed by atoms with Crippen molar-refractivity contribution in [3.8, 4) is 0 Å². The van der Waals surface area contributed by atoms with E-state index in [1.54, 1.807) is 17.4 Å². The molecule has 20 heavy (non-hydrogen) atoms. The summed E-state index contributed by atoms with van der Waals surface area (Å²) in [5.74, 6) is 0. The third-order valence-electron chi connectivity index (χ3n) is 2.87. The standard InChI is InChI=1S/C15H12Cl2N2S/c16-11-5-10(6-12(17)7-11)8-18-9-15-19-13-3-1-2-4-14(13)20-15/h1-7,18H,8-9H2. The molecule has 0 bridgehead atoms. The maximum absolute atomic E-state index is 5.98. The Bertz CT molecular complexity index is 686. The van der Waals surface area contributed by atoms with E-state index < -0.39 is 0 Å². The number of fused-ring (bicyclic) bond motifs is 1. The van der Waals surface area contributed by atoms with Gasteiger partial charge in [-0.15, -0.1) is 11.3 Å². The molecule has 0 atom stereocenters. The normalized spacial score (nSPS) is 11.1. The van der Waals surface area contributed by atoms with E-state index in [1.807, 2.05) is 30.3 Å². The Morgan fingerprint density at radius 1 is 1.00 bits per heavy atom. The molecule has 0 saturated heterocycles. The number of nitrogens with zero attached hydrogens (tertiary/aromatic N) is 1. The van der Waals surface area contributed by atoms with Crippen LogP contribution in [-0.4, -0.2) is 4.98 Å². The molecule has 0 amide bonds. The molecule has 3 rings (SSSR count). The summed E-state index contributed by atoms with van der Waals surface area (Å²) in [6, 6.07) is 13.7. The smallest absolute Gasteiger partial charge is 0.108 e. The van der Waals surface area contributed by atoms with Gasteiger partial charge in [-0.3, -0.25) is 0 Å². The molecule has 0 fully saturated rings. The number of benzene rings is 2. The number of nitrogens with one attached hydrogen (secondary N) is 1. The molecule has 5 heteroatoms. The van der Waals surface area contributed by atoms with Gasteiger partial charge in [-0.1, -0.05) is 35.3 Å². The molecule has 2 nitrogen and oxygen atoms in total. The molecule has 1 N–H and O–H groups in total. The molecule has 0 saturated carbocycles. The summed E-state index contributed by atoms with van der Waals surface area (Å²) in [6.45, 7) is 1.46. The maximum Gasteiger partial charge on any atom is 0.108 e. The van der Waals surface area contributed by atoms with Crippen LogP contribution in [0.5, 0.6) is 0 Å². The summed E-state index contributed by atoms with van der Waals surface area (Å²) in [5.41, 5.74) is 2.13. The molecule has 0 aliphatic carbocycles. The Morgan fingerprint density at radius 2 is 1.75 bits per heavy atom. The zero-order valence-corrected chi connectivity index (χ0v) is 12.9. The van der Waals surface area contributed by atoms with E-state index in [-0.39, 0.29) is 0 Å². The molecule has 1 aromatic heterocycles. The average Bonchev–Trinajstić information content (AvgIpc) is 2.80. The van der Waals surface area contributed by atoms with E-state index in [9.17, 15) is 0 Å². The lowest BCUT2D eigenvalue weighted by Gasteiger charge is -2.04. The second-order valence-corrected chi connectivity index (χ2v) is 6.44. The molecule has 0 unspecified atom stereocenters. The van der Waals surface area contributed by atoms with Crippen molar-refractivity contribution in [2.75, 3.05) is 0 Å². The number of para-hydroxylation sites is 1. The fourth-order valence-corrected chi connectivity index (χ4v) is 3.53. The lowest BCUT2D eigenvalue weighted by atomic mass is 10.2. The molecule has 2 aromatic carbocycles. The number of rotatable bonds is 4. The summed E-state index contributed by atoms with van der Waals surface area (Å²) in [4.78, 5) is 4.58. The van der Waals surface area contributed by atoms with Gasteiger partial charge in [0.1, 0.15) is 5.01 Å². The lowest BCUT2D eigenvalue weighted by Crippen LogP contribution is -2.12. The van der Waals surface area contributed by atoms with Crippen LogP contribution in [0.25, 0.3) is 10.2 Å². The van der Waals surface area contributed by atoms with Crippen LogP contribution in [0.1, 0.15) is 10.6 Å². The van der Waals surface area contributed by atoms with E-state index in [4.69, 9.17) is 23.2 Å². The molecule has 0 radical (unpaired) electrons. The Kier molecular flexibility index (Phi) is 4.22. The summed E-state index contributed by atoms with van der Waals surface area (Å²) >= 11 is 13.7. The monoisotopic (exact) mass is 322 g/mol. The number of halogens is 2. The van der Waals surface area contributed by atoms with Crippen LogP contribution >= 0.6 is 34.5 Å². The van der Waals surface area contributed by atoms with Crippen molar-refractivity contribution < 1.29 is 0 Å². The van der Waals surface area contributed by atoms with Crippen LogP contribution in [-0.2, 0) is 13.1 Å². The number of hydrogen-bond acceptors (Lipinski definition) is 3. The van der Waals surface area contributed by atoms with Crippen LogP contribution in [0.3, 0.4) is 0 Å². The summed E-state index contributed by atoms with van der Waals surface area (Å²) < 4.78 is 1.22. The Morgan fingerprint density at radius 3 is 2.50 bits per heavy atom. The highest BCUT2D eigenvalue weighted by molar-refractivity contribution is 7.18. The molecule has 0 aliphatic rings. The van der Waals surface area contributed by atoms with Crippen molar-refractivity contribution >= 4 is 44.8 Å². The third-order valence-corrected chi connectivity index (χ3v) is 4.34. The van der Waals surface area contributed by atoms with Crippen LogP contribution in [0.15, 0.2) is 42.5 Å². The highest BCUT2D eigenvalue weighted by atomic mass is 35.5. The van der Waals surface area contributed by atoms with Gasteiger partial charge < -0.3 is 5.32 Å². The van der Waals surface area contributed by atoms with Crippen molar-refractivity contribution in [2.45, 2.75) is 13.1 Å². The Balaban J connectivity index is 1.64.